The normalized spacial score (nSPS) is 14.8. The zero-order valence-electron chi connectivity index (χ0n) is 16.1. The van der Waals surface area contributed by atoms with Gasteiger partial charge in [-0.05, 0) is 60.9 Å². The second-order valence-electron chi connectivity index (χ2n) is 6.91. The van der Waals surface area contributed by atoms with Crippen molar-refractivity contribution in [2.75, 3.05) is 18.5 Å². The fraction of sp³-hybridized carbons (Fsp3) is 0.227. The molecule has 30 heavy (non-hydrogen) atoms. The van der Waals surface area contributed by atoms with Crippen molar-refractivity contribution in [3.05, 3.63) is 70.6 Å². The topological polar surface area (TPSA) is 76.1 Å². The molecule has 1 amide bonds. The predicted octanol–water partition coefficient (Wildman–Crippen LogP) is 4.72. The number of nitrogens with zero attached hydrogens (tertiary/aromatic N) is 2. The van der Waals surface area contributed by atoms with Crippen LogP contribution in [0.2, 0.25) is 5.02 Å². The van der Waals surface area contributed by atoms with Gasteiger partial charge >= 0.3 is 0 Å². The molecule has 3 aromatic rings. The summed E-state index contributed by atoms with van der Waals surface area (Å²) in [4.78, 5) is 20.9. The summed E-state index contributed by atoms with van der Waals surface area (Å²) >= 11 is 6.28. The number of benzene rings is 2. The van der Waals surface area contributed by atoms with Gasteiger partial charge in [0.05, 0.1) is 12.3 Å². The maximum atomic E-state index is 14.7. The van der Waals surface area contributed by atoms with Crippen LogP contribution in [-0.2, 0) is 11.3 Å². The number of hydrogen-bond donors (Lipinski definition) is 2. The van der Waals surface area contributed by atoms with E-state index in [1.807, 2.05) is 12.1 Å². The number of carbonyl (C=O) groups excluding carboxylic acids is 1. The standard InChI is InChI=1S/C22H20ClFN4O2/c23-18-6-4-16-11-15(18)13-30-10-2-1-8-25-21(29)14-3-5-17(19(24)12-14)20-7-9-26-22(27-16)28-20/h3-7,9,11-12H,1-2,8,10,13H2,(H,25,29)(H,26,27,28). The molecule has 2 N–H and O–H groups in total. The molecule has 0 radical (unpaired) electrons. The summed E-state index contributed by atoms with van der Waals surface area (Å²) in [7, 11) is 0. The maximum Gasteiger partial charge on any atom is 0.251 e. The van der Waals surface area contributed by atoms with E-state index in [4.69, 9.17) is 16.3 Å². The quantitative estimate of drug-likeness (QED) is 0.544. The van der Waals surface area contributed by atoms with E-state index < -0.39 is 5.82 Å². The number of fused-ring (bicyclic) bond motifs is 9. The summed E-state index contributed by atoms with van der Waals surface area (Å²) in [6, 6.07) is 11.5. The first-order valence-corrected chi connectivity index (χ1v) is 10.0. The molecule has 3 heterocycles. The van der Waals surface area contributed by atoms with Crippen LogP contribution in [0.1, 0.15) is 28.8 Å². The van der Waals surface area contributed by atoms with Crippen LogP contribution in [0.5, 0.6) is 0 Å². The van der Waals surface area contributed by atoms with E-state index in [1.165, 1.54) is 6.07 Å². The number of hydrogen-bond acceptors (Lipinski definition) is 5. The predicted molar refractivity (Wildman–Crippen MR) is 113 cm³/mol. The molecule has 2 aromatic carbocycles. The van der Waals surface area contributed by atoms with Crippen LogP contribution in [0.4, 0.5) is 16.0 Å². The van der Waals surface area contributed by atoms with Crippen molar-refractivity contribution in [2.45, 2.75) is 19.4 Å². The van der Waals surface area contributed by atoms with E-state index in [0.29, 0.717) is 42.0 Å². The second-order valence-corrected chi connectivity index (χ2v) is 7.31. The summed E-state index contributed by atoms with van der Waals surface area (Å²) < 4.78 is 20.4. The molecule has 0 spiro atoms. The van der Waals surface area contributed by atoms with Crippen molar-refractivity contribution in [1.29, 1.82) is 0 Å². The molecule has 0 aliphatic carbocycles. The third-order valence-electron chi connectivity index (χ3n) is 4.72. The van der Waals surface area contributed by atoms with Gasteiger partial charge in [-0.1, -0.05) is 11.6 Å². The average molecular weight is 427 g/mol. The Morgan fingerprint density at radius 3 is 2.87 bits per heavy atom. The molecule has 6 nitrogen and oxygen atoms in total. The Morgan fingerprint density at radius 2 is 2.00 bits per heavy atom. The minimum absolute atomic E-state index is 0.267. The van der Waals surface area contributed by atoms with Gasteiger partial charge in [0.1, 0.15) is 5.82 Å². The van der Waals surface area contributed by atoms with E-state index in [-0.39, 0.29) is 11.5 Å². The van der Waals surface area contributed by atoms with Crippen LogP contribution in [0.25, 0.3) is 11.3 Å². The molecule has 2 aliphatic rings. The van der Waals surface area contributed by atoms with E-state index in [1.54, 1.807) is 30.5 Å². The highest BCUT2D eigenvalue weighted by Crippen LogP contribution is 2.26. The largest absolute Gasteiger partial charge is 0.377 e. The van der Waals surface area contributed by atoms with Crippen LogP contribution in [0.15, 0.2) is 48.7 Å². The second kappa shape index (κ2) is 9.19. The molecule has 6 bridgehead atoms. The Bertz CT molecular complexity index is 1080. The van der Waals surface area contributed by atoms with Crippen LogP contribution in [-0.4, -0.2) is 29.0 Å². The van der Waals surface area contributed by atoms with E-state index in [9.17, 15) is 9.18 Å². The van der Waals surface area contributed by atoms with Gasteiger partial charge in [0, 0.05) is 41.2 Å². The van der Waals surface area contributed by atoms with E-state index in [2.05, 4.69) is 20.6 Å². The van der Waals surface area contributed by atoms with Crippen molar-refractivity contribution in [1.82, 2.24) is 15.3 Å². The SMILES string of the molecule is O=C1NCCCCOCc2cc(ccc2Cl)Nc2nccc(n2)-c2ccc1cc2F. The Labute approximate surface area is 178 Å². The molecule has 0 atom stereocenters. The lowest BCUT2D eigenvalue weighted by atomic mass is 10.1. The smallest absolute Gasteiger partial charge is 0.251 e. The number of carbonyl (C=O) groups is 1. The number of rotatable bonds is 0. The highest BCUT2D eigenvalue weighted by molar-refractivity contribution is 6.31. The highest BCUT2D eigenvalue weighted by Gasteiger charge is 2.13. The summed E-state index contributed by atoms with van der Waals surface area (Å²) in [5, 5.41) is 6.53. The van der Waals surface area contributed by atoms with Gasteiger partial charge in [0.2, 0.25) is 5.95 Å². The molecule has 154 valence electrons. The van der Waals surface area contributed by atoms with Crippen LogP contribution < -0.4 is 10.6 Å². The van der Waals surface area contributed by atoms with Gasteiger partial charge in [-0.15, -0.1) is 0 Å². The van der Waals surface area contributed by atoms with Gasteiger partial charge in [-0.3, -0.25) is 4.79 Å². The molecular formula is C22H20ClFN4O2. The zero-order chi connectivity index (χ0) is 20.9. The third-order valence-corrected chi connectivity index (χ3v) is 5.09. The van der Waals surface area contributed by atoms with Gasteiger partial charge in [-0.2, -0.15) is 0 Å². The van der Waals surface area contributed by atoms with Crippen LogP contribution >= 0.6 is 11.6 Å². The molecule has 8 heteroatoms. The summed E-state index contributed by atoms with van der Waals surface area (Å²) in [6.07, 6.45) is 3.08. The Balaban J connectivity index is 1.69. The number of anilines is 2. The van der Waals surface area contributed by atoms with Crippen molar-refractivity contribution in [3.8, 4) is 11.3 Å². The molecule has 0 saturated carbocycles. The highest BCUT2D eigenvalue weighted by atomic mass is 35.5. The van der Waals surface area contributed by atoms with Crippen LogP contribution in [0.3, 0.4) is 0 Å². The lowest BCUT2D eigenvalue weighted by molar-refractivity contribution is 0.0945. The summed E-state index contributed by atoms with van der Waals surface area (Å²) in [5.74, 6) is -0.514. The molecule has 5 rings (SSSR count). The molecule has 0 saturated heterocycles. The molecule has 2 aliphatic heterocycles. The van der Waals surface area contributed by atoms with Crippen molar-refractivity contribution in [3.63, 3.8) is 0 Å². The lowest BCUT2D eigenvalue weighted by Gasteiger charge is -2.11. The number of nitrogens with one attached hydrogen (secondary N) is 2. The van der Waals surface area contributed by atoms with Crippen molar-refractivity contribution < 1.29 is 13.9 Å². The first-order chi connectivity index (χ1) is 14.6. The minimum atomic E-state index is -0.521. The molecule has 0 unspecified atom stereocenters. The van der Waals surface area contributed by atoms with Gasteiger partial charge in [0.25, 0.3) is 5.91 Å². The number of halogens is 2. The third kappa shape index (κ3) is 4.75. The Kier molecular flexibility index (Phi) is 6.21. The monoisotopic (exact) mass is 426 g/mol. The van der Waals surface area contributed by atoms with Crippen LogP contribution in [0, 0.1) is 5.82 Å². The van der Waals surface area contributed by atoms with Gasteiger partial charge in [0.15, 0.2) is 0 Å². The van der Waals surface area contributed by atoms with Crippen molar-refractivity contribution in [2.24, 2.45) is 0 Å². The number of ether oxygens (including phenoxy) is 1. The number of amides is 1. The van der Waals surface area contributed by atoms with Crippen molar-refractivity contribution >= 4 is 29.1 Å². The molecular weight excluding hydrogens is 407 g/mol. The van der Waals surface area contributed by atoms with E-state index in [0.717, 1.165) is 24.1 Å². The lowest BCUT2D eigenvalue weighted by Crippen LogP contribution is -2.24. The molecule has 1 aromatic heterocycles. The fourth-order valence-electron chi connectivity index (χ4n) is 3.14. The van der Waals surface area contributed by atoms with Gasteiger partial charge in [-0.25, -0.2) is 14.4 Å². The first kappa shape index (κ1) is 20.3. The number of aromatic nitrogens is 2. The fourth-order valence-corrected chi connectivity index (χ4v) is 3.31. The average Bonchev–Trinajstić information content (AvgIpc) is 2.74. The van der Waals surface area contributed by atoms with Gasteiger partial charge < -0.3 is 15.4 Å². The Morgan fingerprint density at radius 1 is 1.10 bits per heavy atom. The maximum absolute atomic E-state index is 14.7. The first-order valence-electron chi connectivity index (χ1n) is 9.64. The summed E-state index contributed by atoms with van der Waals surface area (Å²) in [6.45, 7) is 1.40. The zero-order valence-corrected chi connectivity index (χ0v) is 16.9. The molecule has 0 fully saturated rings. The Hall–Kier alpha value is -3.03. The minimum Gasteiger partial charge on any atom is -0.377 e. The summed E-state index contributed by atoms with van der Waals surface area (Å²) in [5.41, 5.74) is 2.56. The van der Waals surface area contributed by atoms with E-state index >= 15 is 0 Å².